The van der Waals surface area contributed by atoms with E-state index in [-0.39, 0.29) is 30.0 Å². The van der Waals surface area contributed by atoms with Gasteiger partial charge in [0.05, 0.1) is 5.75 Å². The van der Waals surface area contributed by atoms with Crippen LogP contribution in [0.4, 0.5) is 0 Å². The Bertz CT molecular complexity index is 1350. The molecule has 2 saturated heterocycles. The fourth-order valence-corrected chi connectivity index (χ4v) is 6.77. The van der Waals surface area contributed by atoms with Crippen molar-refractivity contribution in [3.63, 3.8) is 0 Å². The van der Waals surface area contributed by atoms with E-state index >= 15 is 0 Å². The van der Waals surface area contributed by atoms with Crippen LogP contribution in [-0.4, -0.2) is 74.3 Å². The quantitative estimate of drug-likeness (QED) is 0.217. The molecule has 2 aliphatic rings. The molecule has 2 heterocycles. The van der Waals surface area contributed by atoms with Gasteiger partial charge in [-0.2, -0.15) is 5.26 Å². The summed E-state index contributed by atoms with van der Waals surface area (Å²) >= 11 is 0. The van der Waals surface area contributed by atoms with Gasteiger partial charge in [0.2, 0.25) is 34.0 Å². The van der Waals surface area contributed by atoms with Crippen molar-refractivity contribution in [1.29, 1.82) is 5.26 Å². The van der Waals surface area contributed by atoms with Crippen molar-refractivity contribution < 1.29 is 18.0 Å². The lowest BCUT2D eigenvalue weighted by Crippen LogP contribution is -2.54. The minimum absolute atomic E-state index is 0.176. The maximum Gasteiger partial charge on any atom is 0.242 e. The van der Waals surface area contributed by atoms with Crippen LogP contribution in [0.5, 0.6) is 0 Å². The van der Waals surface area contributed by atoms with Crippen molar-refractivity contribution in [2.75, 3.05) is 26.2 Å². The Balaban J connectivity index is 1.40. The van der Waals surface area contributed by atoms with Gasteiger partial charge in [-0.3, -0.25) is 9.59 Å². The Morgan fingerprint density at radius 1 is 1.00 bits per heavy atom. The van der Waals surface area contributed by atoms with E-state index in [1.807, 2.05) is 41.3 Å². The SMILES string of the molecule is N#CN=C(N)N1CCC(CNC(=O)[C@@H]2CCCN2C(=O)[C@@H](Cc2ccccc2)NS(=O)(=O)Cc2ccccc2)CC1. The molecule has 4 N–H and O–H groups in total. The van der Waals surface area contributed by atoms with Gasteiger partial charge in [0.1, 0.15) is 12.1 Å². The summed E-state index contributed by atoms with van der Waals surface area (Å²) in [5, 5.41) is 11.7. The summed E-state index contributed by atoms with van der Waals surface area (Å²) in [5.74, 6) is -0.424. The molecular formula is C29H37N7O4S. The molecule has 0 radical (unpaired) electrons. The van der Waals surface area contributed by atoms with Gasteiger partial charge in [-0.15, -0.1) is 4.99 Å². The molecule has 218 valence electrons. The number of piperidine rings is 1. The van der Waals surface area contributed by atoms with Gasteiger partial charge in [0, 0.05) is 26.2 Å². The van der Waals surface area contributed by atoms with E-state index in [9.17, 15) is 18.0 Å². The highest BCUT2D eigenvalue weighted by Gasteiger charge is 2.38. The number of nitrogens with one attached hydrogen (secondary N) is 2. The molecule has 0 aliphatic carbocycles. The summed E-state index contributed by atoms with van der Waals surface area (Å²) in [7, 11) is -3.84. The Morgan fingerprint density at radius 2 is 1.63 bits per heavy atom. The molecule has 0 bridgehead atoms. The number of nitrogens with two attached hydrogens (primary N) is 1. The van der Waals surface area contributed by atoms with Gasteiger partial charge in [0.15, 0.2) is 0 Å². The molecule has 2 aromatic carbocycles. The van der Waals surface area contributed by atoms with Crippen LogP contribution in [0, 0.1) is 17.4 Å². The van der Waals surface area contributed by atoms with E-state index in [0.29, 0.717) is 44.6 Å². The summed E-state index contributed by atoms with van der Waals surface area (Å²) in [6, 6.07) is 16.4. The molecule has 4 rings (SSSR count). The predicted molar refractivity (Wildman–Crippen MR) is 155 cm³/mol. The van der Waals surface area contributed by atoms with E-state index in [1.54, 1.807) is 30.5 Å². The molecule has 12 heteroatoms. The maximum absolute atomic E-state index is 13.8. The maximum atomic E-state index is 13.8. The first-order chi connectivity index (χ1) is 19.8. The number of rotatable bonds is 10. The number of carbonyl (C=O) groups excluding carboxylic acids is 2. The second-order valence-corrected chi connectivity index (χ2v) is 12.3. The van der Waals surface area contributed by atoms with Gasteiger partial charge in [-0.25, -0.2) is 13.1 Å². The molecule has 2 fully saturated rings. The zero-order valence-electron chi connectivity index (χ0n) is 23.0. The number of likely N-dealkylation sites (tertiary alicyclic amines) is 2. The van der Waals surface area contributed by atoms with Gasteiger partial charge in [-0.1, -0.05) is 60.7 Å². The highest BCUT2D eigenvalue weighted by molar-refractivity contribution is 7.88. The second kappa shape index (κ2) is 14.1. The molecule has 2 aliphatic heterocycles. The van der Waals surface area contributed by atoms with Gasteiger partial charge < -0.3 is 20.9 Å². The van der Waals surface area contributed by atoms with E-state index in [2.05, 4.69) is 15.0 Å². The van der Waals surface area contributed by atoms with Gasteiger partial charge in [0.25, 0.3) is 0 Å². The number of sulfonamides is 1. The third-order valence-electron chi connectivity index (χ3n) is 7.61. The summed E-state index contributed by atoms with van der Waals surface area (Å²) in [4.78, 5) is 34.0. The van der Waals surface area contributed by atoms with Crippen molar-refractivity contribution in [3.8, 4) is 6.19 Å². The van der Waals surface area contributed by atoms with Crippen LogP contribution in [0.1, 0.15) is 36.8 Å². The highest BCUT2D eigenvalue weighted by atomic mass is 32.2. The fraction of sp³-hybridized carbons (Fsp3) is 0.448. The van der Waals surface area contributed by atoms with Crippen molar-refractivity contribution in [2.24, 2.45) is 16.6 Å². The van der Waals surface area contributed by atoms with Crippen LogP contribution in [0.25, 0.3) is 0 Å². The van der Waals surface area contributed by atoms with E-state index in [4.69, 9.17) is 11.0 Å². The fourth-order valence-electron chi connectivity index (χ4n) is 5.44. The second-order valence-electron chi connectivity index (χ2n) is 10.5. The first-order valence-corrected chi connectivity index (χ1v) is 15.5. The predicted octanol–water partition coefficient (Wildman–Crippen LogP) is 1.33. The highest BCUT2D eigenvalue weighted by Crippen LogP contribution is 2.22. The molecule has 0 saturated carbocycles. The molecule has 41 heavy (non-hydrogen) atoms. The van der Waals surface area contributed by atoms with Crippen LogP contribution in [0.15, 0.2) is 65.7 Å². The molecule has 0 aromatic heterocycles. The van der Waals surface area contributed by atoms with E-state index in [0.717, 1.165) is 18.4 Å². The first-order valence-electron chi connectivity index (χ1n) is 13.9. The number of nitriles is 1. The first kappa shape index (κ1) is 30.0. The van der Waals surface area contributed by atoms with Crippen LogP contribution in [0.3, 0.4) is 0 Å². The number of hydrogen-bond donors (Lipinski definition) is 3. The monoisotopic (exact) mass is 579 g/mol. The van der Waals surface area contributed by atoms with Gasteiger partial charge >= 0.3 is 0 Å². The zero-order valence-corrected chi connectivity index (χ0v) is 23.8. The number of guanidine groups is 1. The van der Waals surface area contributed by atoms with Crippen LogP contribution in [0.2, 0.25) is 0 Å². The van der Waals surface area contributed by atoms with Crippen molar-refractivity contribution in [2.45, 2.75) is 49.9 Å². The number of benzene rings is 2. The van der Waals surface area contributed by atoms with Crippen molar-refractivity contribution >= 4 is 27.8 Å². The standard InChI is InChI=1S/C29H37N7O4S/c30-21-33-29(31)35-16-13-23(14-17-35)19-32-27(37)26-12-7-15-36(26)28(38)25(18-22-8-3-1-4-9-22)34-41(39,40)20-24-10-5-2-6-11-24/h1-6,8-11,23,25-26,34H,7,12-20H2,(H2,31,33)(H,32,37)/t25-,26+/m1/s1. The minimum atomic E-state index is -3.84. The summed E-state index contributed by atoms with van der Waals surface area (Å²) in [6.45, 7) is 2.15. The number of nitrogens with zero attached hydrogens (tertiary/aromatic N) is 4. The molecule has 0 spiro atoms. The number of aliphatic imine (C=N–C) groups is 1. The molecule has 2 amide bonds. The van der Waals surface area contributed by atoms with Crippen molar-refractivity contribution in [3.05, 3.63) is 71.8 Å². The zero-order chi connectivity index (χ0) is 29.2. The summed E-state index contributed by atoms with van der Waals surface area (Å²) in [5.41, 5.74) is 7.25. The number of amides is 2. The molecule has 0 unspecified atom stereocenters. The Morgan fingerprint density at radius 3 is 2.27 bits per heavy atom. The molecular weight excluding hydrogens is 542 g/mol. The Labute approximate surface area is 241 Å². The lowest BCUT2D eigenvalue weighted by atomic mass is 9.97. The molecule has 2 atom stereocenters. The third kappa shape index (κ3) is 8.52. The Hall–Kier alpha value is -3.95. The number of hydrogen-bond acceptors (Lipinski definition) is 6. The van der Waals surface area contributed by atoms with Crippen LogP contribution >= 0.6 is 0 Å². The van der Waals surface area contributed by atoms with Crippen LogP contribution in [-0.2, 0) is 31.8 Å². The van der Waals surface area contributed by atoms with E-state index < -0.39 is 28.0 Å². The molecule has 11 nitrogen and oxygen atoms in total. The topological polar surface area (TPSA) is 161 Å². The third-order valence-corrected chi connectivity index (χ3v) is 8.97. The summed E-state index contributed by atoms with van der Waals surface area (Å²) in [6.07, 6.45) is 4.63. The largest absolute Gasteiger partial charge is 0.369 e. The average Bonchev–Trinajstić information content (AvgIpc) is 3.46. The average molecular weight is 580 g/mol. The molecule has 2 aromatic rings. The lowest BCUT2D eigenvalue weighted by molar-refractivity contribution is -0.139. The Kier molecular flexibility index (Phi) is 10.3. The summed E-state index contributed by atoms with van der Waals surface area (Å²) < 4.78 is 28.9. The smallest absolute Gasteiger partial charge is 0.242 e. The van der Waals surface area contributed by atoms with Crippen molar-refractivity contribution in [1.82, 2.24) is 19.8 Å². The lowest BCUT2D eigenvalue weighted by Gasteiger charge is -2.33. The normalized spacial score (nSPS) is 19.0. The number of carbonyl (C=O) groups is 2. The van der Waals surface area contributed by atoms with Gasteiger partial charge in [-0.05, 0) is 49.1 Å². The van der Waals surface area contributed by atoms with Crippen LogP contribution < -0.4 is 15.8 Å². The van der Waals surface area contributed by atoms with E-state index in [1.165, 1.54) is 4.90 Å². The minimum Gasteiger partial charge on any atom is -0.369 e.